The minimum atomic E-state index is 0.773. The van der Waals surface area contributed by atoms with E-state index in [1.807, 2.05) is 40.0 Å². The predicted molar refractivity (Wildman–Crippen MR) is 49.5 cm³/mol. The molecule has 2 N–H and O–H groups in total. The molecule has 0 bridgehead atoms. The number of hydrogen-bond acceptors (Lipinski definition) is 2. The molecule has 1 heterocycles. The summed E-state index contributed by atoms with van der Waals surface area (Å²) >= 11 is 0. The molecule has 0 spiro atoms. The van der Waals surface area contributed by atoms with Crippen molar-refractivity contribution in [2.24, 2.45) is 0 Å². The molecule has 2 nitrogen and oxygen atoms in total. The summed E-state index contributed by atoms with van der Waals surface area (Å²) in [6.07, 6.45) is 1.81. The Labute approximate surface area is 68.5 Å². The molecule has 0 atom stereocenters. The Morgan fingerprint density at radius 2 is 1.82 bits per heavy atom. The maximum atomic E-state index is 5.56. The molecule has 0 saturated carbocycles. The van der Waals surface area contributed by atoms with E-state index in [2.05, 4.69) is 4.98 Å². The first-order chi connectivity index (χ1) is 5.20. The van der Waals surface area contributed by atoms with Crippen molar-refractivity contribution in [3.05, 3.63) is 23.5 Å². The van der Waals surface area contributed by atoms with Gasteiger partial charge < -0.3 is 5.73 Å². The van der Waals surface area contributed by atoms with Crippen LogP contribution in [0.15, 0.2) is 12.3 Å². The molecule has 0 saturated heterocycles. The second-order valence-corrected chi connectivity index (χ2v) is 2.19. The van der Waals surface area contributed by atoms with Gasteiger partial charge in [0.25, 0.3) is 0 Å². The van der Waals surface area contributed by atoms with E-state index in [1.165, 1.54) is 0 Å². The van der Waals surface area contributed by atoms with Crippen LogP contribution in [-0.2, 0) is 0 Å². The Bertz CT molecular complexity index is 219. The Morgan fingerprint density at radius 3 is 2.18 bits per heavy atom. The summed E-state index contributed by atoms with van der Waals surface area (Å²) in [5.41, 5.74) is 8.34. The summed E-state index contributed by atoms with van der Waals surface area (Å²) in [5.74, 6) is 0. The van der Waals surface area contributed by atoms with Gasteiger partial charge in [0.2, 0.25) is 0 Å². The minimum Gasteiger partial charge on any atom is -0.397 e. The molecule has 0 amide bonds. The fraction of sp³-hybridized carbons (Fsp3) is 0.444. The van der Waals surface area contributed by atoms with Crippen LogP contribution in [0.2, 0.25) is 0 Å². The lowest BCUT2D eigenvalue weighted by atomic mass is 10.2. The molecule has 11 heavy (non-hydrogen) atoms. The third-order valence-corrected chi connectivity index (χ3v) is 1.26. The number of hydrogen-bond donors (Lipinski definition) is 1. The van der Waals surface area contributed by atoms with E-state index in [1.54, 1.807) is 0 Å². The molecule has 0 aliphatic carbocycles. The van der Waals surface area contributed by atoms with Crippen LogP contribution < -0.4 is 5.73 Å². The van der Waals surface area contributed by atoms with Gasteiger partial charge >= 0.3 is 0 Å². The number of nitrogens with zero attached hydrogens (tertiary/aromatic N) is 1. The average Bonchev–Trinajstić information content (AvgIpc) is 2.02. The van der Waals surface area contributed by atoms with Gasteiger partial charge in [0.1, 0.15) is 0 Å². The Morgan fingerprint density at radius 1 is 1.27 bits per heavy atom. The fourth-order valence-electron chi connectivity index (χ4n) is 0.660. The molecule has 0 aromatic carbocycles. The maximum absolute atomic E-state index is 5.56. The van der Waals surface area contributed by atoms with Crippen LogP contribution in [0.3, 0.4) is 0 Å². The molecular weight excluding hydrogens is 136 g/mol. The number of aryl methyl sites for hydroxylation is 2. The Hall–Kier alpha value is -1.05. The van der Waals surface area contributed by atoms with Crippen LogP contribution in [0.5, 0.6) is 0 Å². The molecule has 0 aliphatic rings. The molecule has 0 aliphatic heterocycles. The number of nitrogen functional groups attached to an aromatic ring is 1. The Balaban J connectivity index is 0.000000461. The third-order valence-electron chi connectivity index (χ3n) is 1.26. The summed E-state index contributed by atoms with van der Waals surface area (Å²) in [6.45, 7) is 7.87. The summed E-state index contributed by atoms with van der Waals surface area (Å²) in [4.78, 5) is 4.05. The summed E-state index contributed by atoms with van der Waals surface area (Å²) in [5, 5.41) is 0. The van der Waals surface area contributed by atoms with Crippen molar-refractivity contribution in [2.75, 3.05) is 5.73 Å². The average molecular weight is 152 g/mol. The summed E-state index contributed by atoms with van der Waals surface area (Å²) in [7, 11) is 0. The van der Waals surface area contributed by atoms with Crippen molar-refractivity contribution >= 4 is 5.69 Å². The largest absolute Gasteiger partial charge is 0.397 e. The fourth-order valence-corrected chi connectivity index (χ4v) is 0.660. The topological polar surface area (TPSA) is 38.9 Å². The highest BCUT2D eigenvalue weighted by Crippen LogP contribution is 2.07. The van der Waals surface area contributed by atoms with Crippen molar-refractivity contribution in [1.29, 1.82) is 0 Å². The maximum Gasteiger partial charge on any atom is 0.0601 e. The number of rotatable bonds is 0. The van der Waals surface area contributed by atoms with Gasteiger partial charge in [-0.2, -0.15) is 0 Å². The molecule has 0 fully saturated rings. The van der Waals surface area contributed by atoms with E-state index in [0.717, 1.165) is 16.9 Å². The second-order valence-electron chi connectivity index (χ2n) is 2.19. The molecule has 1 aromatic rings. The molecule has 0 unspecified atom stereocenters. The predicted octanol–water partition coefficient (Wildman–Crippen LogP) is 2.31. The van der Waals surface area contributed by atoms with Crippen molar-refractivity contribution in [3.8, 4) is 0 Å². The van der Waals surface area contributed by atoms with Crippen molar-refractivity contribution in [3.63, 3.8) is 0 Å². The van der Waals surface area contributed by atoms with Crippen molar-refractivity contribution in [1.82, 2.24) is 4.98 Å². The highest BCUT2D eigenvalue weighted by atomic mass is 14.7. The van der Waals surface area contributed by atoms with Gasteiger partial charge in [-0.1, -0.05) is 13.8 Å². The van der Waals surface area contributed by atoms with Crippen LogP contribution in [0.4, 0.5) is 5.69 Å². The van der Waals surface area contributed by atoms with Gasteiger partial charge in [-0.3, -0.25) is 4.98 Å². The van der Waals surface area contributed by atoms with Crippen LogP contribution in [0, 0.1) is 13.8 Å². The summed E-state index contributed by atoms with van der Waals surface area (Å²) < 4.78 is 0. The number of pyridine rings is 1. The molecule has 1 aromatic heterocycles. The molecular formula is C9H16N2. The van der Waals surface area contributed by atoms with E-state index in [4.69, 9.17) is 5.73 Å². The van der Waals surface area contributed by atoms with Crippen LogP contribution in [0.25, 0.3) is 0 Å². The normalized spacial score (nSPS) is 8.36. The van der Waals surface area contributed by atoms with Gasteiger partial charge in [-0.05, 0) is 25.5 Å². The number of anilines is 1. The third kappa shape index (κ3) is 3.03. The van der Waals surface area contributed by atoms with Gasteiger partial charge in [0.15, 0.2) is 0 Å². The Kier molecular flexibility index (Phi) is 4.27. The van der Waals surface area contributed by atoms with Crippen molar-refractivity contribution in [2.45, 2.75) is 27.7 Å². The SMILES string of the molecule is CC.Cc1cnc(C)c(N)c1. The zero-order valence-electron chi connectivity index (χ0n) is 7.68. The molecule has 0 radical (unpaired) electrons. The van der Waals surface area contributed by atoms with E-state index >= 15 is 0 Å². The smallest absolute Gasteiger partial charge is 0.0601 e. The quantitative estimate of drug-likeness (QED) is 0.619. The number of nitrogens with two attached hydrogens (primary N) is 1. The monoisotopic (exact) mass is 152 g/mol. The highest BCUT2D eigenvalue weighted by molar-refractivity contribution is 5.43. The molecule has 2 heteroatoms. The molecule has 1 rings (SSSR count). The van der Waals surface area contributed by atoms with Crippen molar-refractivity contribution < 1.29 is 0 Å². The van der Waals surface area contributed by atoms with Gasteiger partial charge in [-0.25, -0.2) is 0 Å². The minimum absolute atomic E-state index is 0.773. The van der Waals surface area contributed by atoms with E-state index in [9.17, 15) is 0 Å². The highest BCUT2D eigenvalue weighted by Gasteiger charge is 1.91. The van der Waals surface area contributed by atoms with E-state index in [0.29, 0.717) is 0 Å². The second kappa shape index (κ2) is 4.72. The van der Waals surface area contributed by atoms with Gasteiger partial charge in [0.05, 0.1) is 11.4 Å². The first-order valence-corrected chi connectivity index (χ1v) is 3.89. The standard InChI is InChI=1S/C7H10N2.C2H6/c1-5-3-7(8)6(2)9-4-5;1-2/h3-4H,8H2,1-2H3;1-2H3. The molecule has 62 valence electrons. The van der Waals surface area contributed by atoms with Gasteiger partial charge in [0, 0.05) is 6.20 Å². The van der Waals surface area contributed by atoms with Crippen LogP contribution in [-0.4, -0.2) is 4.98 Å². The van der Waals surface area contributed by atoms with Crippen LogP contribution >= 0.6 is 0 Å². The first-order valence-electron chi connectivity index (χ1n) is 3.89. The summed E-state index contributed by atoms with van der Waals surface area (Å²) in [6, 6.07) is 1.92. The number of aromatic nitrogens is 1. The zero-order chi connectivity index (χ0) is 8.85. The van der Waals surface area contributed by atoms with Gasteiger partial charge in [-0.15, -0.1) is 0 Å². The lowest BCUT2D eigenvalue weighted by molar-refractivity contribution is 1.18. The van der Waals surface area contributed by atoms with E-state index in [-0.39, 0.29) is 0 Å². The zero-order valence-corrected chi connectivity index (χ0v) is 7.68. The van der Waals surface area contributed by atoms with E-state index < -0.39 is 0 Å². The lowest BCUT2D eigenvalue weighted by Gasteiger charge is -1.97. The lowest BCUT2D eigenvalue weighted by Crippen LogP contribution is -1.92. The first kappa shape index (κ1) is 9.95. The van der Waals surface area contributed by atoms with Crippen LogP contribution in [0.1, 0.15) is 25.1 Å².